The average molecular weight is 505 g/mol. The Kier molecular flexibility index (Phi) is 9.48. The number of esters is 4. The number of ether oxygens (including phenoxy) is 4. The third-order valence-electron chi connectivity index (χ3n) is 5.36. The molecule has 1 aliphatic rings. The predicted molar refractivity (Wildman–Crippen MR) is 138 cm³/mol. The van der Waals surface area contributed by atoms with Crippen molar-refractivity contribution in [3.05, 3.63) is 103 Å². The molecule has 0 N–H and O–H groups in total. The van der Waals surface area contributed by atoms with Crippen molar-refractivity contribution in [1.29, 1.82) is 0 Å². The van der Waals surface area contributed by atoms with E-state index in [9.17, 15) is 19.2 Å². The highest BCUT2D eigenvalue weighted by Gasteiger charge is 2.33. The van der Waals surface area contributed by atoms with Crippen molar-refractivity contribution in [2.24, 2.45) is 0 Å². The largest absolute Gasteiger partial charge is 0.451 e. The van der Waals surface area contributed by atoms with E-state index in [1.54, 1.807) is 45.1 Å². The molecular formula is C29H28O8. The van der Waals surface area contributed by atoms with E-state index in [4.69, 9.17) is 18.9 Å². The topological polar surface area (TPSA) is 105 Å². The Hall–Kier alpha value is -4.72. The van der Waals surface area contributed by atoms with Crippen molar-refractivity contribution >= 4 is 29.5 Å². The molecule has 37 heavy (non-hydrogen) atoms. The van der Waals surface area contributed by atoms with Crippen LogP contribution in [0.3, 0.4) is 0 Å². The Bertz CT molecular complexity index is 1230. The van der Waals surface area contributed by atoms with Crippen LogP contribution in [0, 0.1) is 0 Å². The van der Waals surface area contributed by atoms with Crippen LogP contribution in [0.4, 0.5) is 0 Å². The van der Waals surface area contributed by atoms with Crippen molar-refractivity contribution in [1.82, 2.24) is 0 Å². The Morgan fingerprint density at radius 2 is 1.24 bits per heavy atom. The molecule has 0 saturated heterocycles. The second-order valence-corrected chi connectivity index (χ2v) is 8.10. The first-order chi connectivity index (χ1) is 17.4. The molecule has 1 aromatic carbocycles. The third kappa shape index (κ3) is 7.63. The molecule has 1 atom stereocenters. The van der Waals surface area contributed by atoms with Crippen molar-refractivity contribution in [3.63, 3.8) is 0 Å². The average Bonchev–Trinajstić information content (AvgIpc) is 2.87. The summed E-state index contributed by atoms with van der Waals surface area (Å²) in [5.74, 6) is -2.18. The van der Waals surface area contributed by atoms with Crippen molar-refractivity contribution in [2.75, 3.05) is 0 Å². The van der Waals surface area contributed by atoms with Crippen LogP contribution in [0.5, 0.6) is 11.5 Å². The van der Waals surface area contributed by atoms with Crippen molar-refractivity contribution < 1.29 is 38.1 Å². The third-order valence-corrected chi connectivity index (χ3v) is 5.36. The number of carbonyl (C=O) groups is 4. The van der Waals surface area contributed by atoms with E-state index >= 15 is 0 Å². The second kappa shape index (κ2) is 12.3. The lowest BCUT2D eigenvalue weighted by Gasteiger charge is -2.31. The molecule has 0 spiro atoms. The molecule has 1 unspecified atom stereocenters. The van der Waals surface area contributed by atoms with Gasteiger partial charge in [0, 0.05) is 42.4 Å². The molecule has 0 aliphatic heterocycles. The summed E-state index contributed by atoms with van der Waals surface area (Å²) in [6, 6.07) is 4.55. The summed E-state index contributed by atoms with van der Waals surface area (Å²) in [6.45, 7) is 18.9. The first-order valence-corrected chi connectivity index (χ1v) is 11.1. The van der Waals surface area contributed by atoms with Crippen LogP contribution < -0.4 is 9.47 Å². The minimum absolute atomic E-state index is 0.0712. The standard InChI is InChI=1S/C29H28O8/c1-8-25(30)34-21-14-20(15-22(16-21)35-26(31)9-2)18(5)19(6)23-12-13-29(7,37-28(33)11-4)17-24(23)36-27(32)10-3/h8-16H,1-4,17H2,5-7H3/b19-18+. The summed E-state index contributed by atoms with van der Waals surface area (Å²) >= 11 is 0. The smallest absolute Gasteiger partial charge is 0.335 e. The molecule has 8 heteroatoms. The zero-order valence-corrected chi connectivity index (χ0v) is 21.0. The molecule has 1 aromatic rings. The van der Waals surface area contributed by atoms with Crippen LogP contribution in [0.2, 0.25) is 0 Å². The number of hydrogen-bond acceptors (Lipinski definition) is 8. The predicted octanol–water partition coefficient (Wildman–Crippen LogP) is 5.09. The van der Waals surface area contributed by atoms with Gasteiger partial charge in [-0.25, -0.2) is 19.2 Å². The van der Waals surface area contributed by atoms with E-state index in [-0.39, 0.29) is 23.7 Å². The van der Waals surface area contributed by atoms with Gasteiger partial charge in [0.15, 0.2) is 0 Å². The fourth-order valence-electron chi connectivity index (χ4n) is 3.40. The van der Waals surface area contributed by atoms with Gasteiger partial charge in [-0.1, -0.05) is 32.4 Å². The highest BCUT2D eigenvalue weighted by Crippen LogP contribution is 2.37. The molecule has 1 aliphatic carbocycles. The van der Waals surface area contributed by atoms with E-state index < -0.39 is 29.5 Å². The van der Waals surface area contributed by atoms with Gasteiger partial charge in [0.05, 0.1) is 0 Å². The molecule has 0 radical (unpaired) electrons. The van der Waals surface area contributed by atoms with Gasteiger partial charge in [-0.15, -0.1) is 0 Å². The lowest BCUT2D eigenvalue weighted by atomic mass is 9.87. The van der Waals surface area contributed by atoms with Gasteiger partial charge in [0.25, 0.3) is 0 Å². The van der Waals surface area contributed by atoms with Gasteiger partial charge in [-0.3, -0.25) is 0 Å². The zero-order valence-electron chi connectivity index (χ0n) is 21.0. The van der Waals surface area contributed by atoms with Crippen molar-refractivity contribution in [3.8, 4) is 11.5 Å². The van der Waals surface area contributed by atoms with E-state index in [0.29, 0.717) is 22.3 Å². The van der Waals surface area contributed by atoms with Crippen LogP contribution in [0.25, 0.3) is 5.57 Å². The molecule has 0 saturated carbocycles. The van der Waals surface area contributed by atoms with Gasteiger partial charge in [0.2, 0.25) is 0 Å². The van der Waals surface area contributed by atoms with Gasteiger partial charge in [0.1, 0.15) is 22.9 Å². The molecule has 0 amide bonds. The maximum atomic E-state index is 12.1. The van der Waals surface area contributed by atoms with Gasteiger partial charge < -0.3 is 18.9 Å². The normalized spacial score (nSPS) is 17.1. The molecular weight excluding hydrogens is 476 g/mol. The van der Waals surface area contributed by atoms with Crippen LogP contribution >= 0.6 is 0 Å². The molecule has 0 aromatic heterocycles. The quantitative estimate of drug-likeness (QED) is 0.246. The number of allylic oxidation sites excluding steroid dienone is 4. The van der Waals surface area contributed by atoms with Crippen molar-refractivity contribution in [2.45, 2.75) is 32.8 Å². The van der Waals surface area contributed by atoms with Gasteiger partial charge >= 0.3 is 23.9 Å². The van der Waals surface area contributed by atoms with Gasteiger partial charge in [-0.05, 0) is 55.7 Å². The van der Waals surface area contributed by atoms with Gasteiger partial charge in [-0.2, -0.15) is 0 Å². The molecule has 0 heterocycles. The molecule has 192 valence electrons. The molecule has 0 fully saturated rings. The maximum absolute atomic E-state index is 12.1. The Balaban J connectivity index is 2.63. The van der Waals surface area contributed by atoms with Crippen LogP contribution in [0.1, 0.15) is 32.8 Å². The maximum Gasteiger partial charge on any atom is 0.335 e. The van der Waals surface area contributed by atoms with Crippen LogP contribution in [0.15, 0.2) is 97.9 Å². The first-order valence-electron chi connectivity index (χ1n) is 11.1. The second-order valence-electron chi connectivity index (χ2n) is 8.10. The zero-order chi connectivity index (χ0) is 27.8. The number of hydrogen-bond donors (Lipinski definition) is 0. The minimum atomic E-state index is -1.08. The van der Waals surface area contributed by atoms with E-state index in [1.165, 1.54) is 6.07 Å². The summed E-state index contributed by atoms with van der Waals surface area (Å²) in [4.78, 5) is 47.5. The highest BCUT2D eigenvalue weighted by molar-refractivity contribution is 5.86. The monoisotopic (exact) mass is 504 g/mol. The first kappa shape index (κ1) is 28.5. The Labute approximate surface area is 215 Å². The summed E-state index contributed by atoms with van der Waals surface area (Å²) in [5, 5.41) is 0. The van der Waals surface area contributed by atoms with E-state index in [2.05, 4.69) is 26.3 Å². The summed E-state index contributed by atoms with van der Waals surface area (Å²) in [7, 11) is 0. The highest BCUT2D eigenvalue weighted by atomic mass is 16.6. The SMILES string of the molecule is C=CC(=O)OC1=C(/C(C)=C(\C)c2cc(OC(=O)C=C)cc(OC(=O)C=C)c2)C=CC(C)(OC(=O)C=C)C1. The minimum Gasteiger partial charge on any atom is -0.451 e. The van der Waals surface area contributed by atoms with Crippen LogP contribution in [-0.2, 0) is 28.7 Å². The van der Waals surface area contributed by atoms with Crippen LogP contribution in [-0.4, -0.2) is 29.5 Å². The fourth-order valence-corrected chi connectivity index (χ4v) is 3.40. The summed E-state index contributed by atoms with van der Waals surface area (Å²) < 4.78 is 21.4. The summed E-state index contributed by atoms with van der Waals surface area (Å²) in [6.07, 6.45) is 7.53. The molecule has 8 nitrogen and oxygen atoms in total. The Morgan fingerprint density at radius 3 is 1.73 bits per heavy atom. The number of benzene rings is 1. The Morgan fingerprint density at radius 1 is 0.757 bits per heavy atom. The molecule has 2 rings (SSSR count). The summed E-state index contributed by atoms with van der Waals surface area (Å²) in [5.41, 5.74) is 1.42. The fraction of sp³-hybridized carbons (Fsp3) is 0.172. The number of carbonyl (C=O) groups excluding carboxylic acids is 4. The van der Waals surface area contributed by atoms with E-state index in [0.717, 1.165) is 24.3 Å². The molecule has 0 bridgehead atoms. The number of rotatable bonds is 10. The lowest BCUT2D eigenvalue weighted by molar-refractivity contribution is -0.148. The lowest BCUT2D eigenvalue weighted by Crippen LogP contribution is -2.32. The van der Waals surface area contributed by atoms with E-state index in [1.807, 2.05) is 0 Å².